The van der Waals surface area contributed by atoms with Crippen LogP contribution in [0.1, 0.15) is 39.7 Å². The number of nitrogens with one attached hydrogen (secondary N) is 2. The summed E-state index contributed by atoms with van der Waals surface area (Å²) in [4.78, 5) is 17.1. The number of rotatable bonds is 7. The molecule has 0 aliphatic rings. The minimum atomic E-state index is -0.457. The maximum atomic E-state index is 12.1. The molecule has 5 nitrogen and oxygen atoms in total. The van der Waals surface area contributed by atoms with Gasteiger partial charge in [-0.2, -0.15) is 0 Å². The normalized spacial score (nSPS) is 11.7. The van der Waals surface area contributed by atoms with E-state index in [9.17, 15) is 4.79 Å². The van der Waals surface area contributed by atoms with Gasteiger partial charge in [-0.1, -0.05) is 17.7 Å². The Bertz CT molecular complexity index is 706. The molecule has 0 aliphatic heterocycles. The Hall–Kier alpha value is -1.72. The summed E-state index contributed by atoms with van der Waals surface area (Å²) < 4.78 is 5.42. The second kappa shape index (κ2) is 8.59. The van der Waals surface area contributed by atoms with Crippen LogP contribution in [0.2, 0.25) is 5.02 Å². The van der Waals surface area contributed by atoms with E-state index in [4.69, 9.17) is 16.3 Å². The second-order valence-corrected chi connectivity index (χ2v) is 7.53. The predicted molar refractivity (Wildman–Crippen MR) is 103 cm³/mol. The molecule has 0 unspecified atom stereocenters. The molecule has 0 bridgehead atoms. The summed E-state index contributed by atoms with van der Waals surface area (Å²) in [6.45, 7) is 10.6. The lowest BCUT2D eigenvalue weighted by molar-refractivity contribution is 0.0258. The van der Waals surface area contributed by atoms with Crippen LogP contribution >= 0.6 is 11.6 Å². The molecule has 1 heterocycles. The molecule has 0 spiro atoms. The third kappa shape index (κ3) is 5.94. The number of ether oxygens (including phenoxy) is 1. The highest BCUT2D eigenvalue weighted by Crippen LogP contribution is 2.21. The molecule has 0 atom stereocenters. The average molecular weight is 366 g/mol. The van der Waals surface area contributed by atoms with Crippen molar-refractivity contribution in [3.05, 3.63) is 35.0 Å². The fourth-order valence-corrected chi connectivity index (χ4v) is 2.80. The van der Waals surface area contributed by atoms with Gasteiger partial charge >= 0.3 is 6.09 Å². The molecule has 0 radical (unpaired) electrons. The van der Waals surface area contributed by atoms with E-state index in [-0.39, 0.29) is 6.09 Å². The van der Waals surface area contributed by atoms with Crippen LogP contribution < -0.4 is 5.32 Å². The van der Waals surface area contributed by atoms with Crippen LogP contribution in [0.4, 0.5) is 4.79 Å². The Balaban J connectivity index is 1.75. The van der Waals surface area contributed by atoms with Crippen LogP contribution in [0.3, 0.4) is 0 Å². The van der Waals surface area contributed by atoms with Crippen LogP contribution in [0, 0.1) is 0 Å². The first-order valence-electron chi connectivity index (χ1n) is 8.74. The first-order valence-corrected chi connectivity index (χ1v) is 9.12. The highest BCUT2D eigenvalue weighted by molar-refractivity contribution is 6.31. The topological polar surface area (TPSA) is 57.4 Å². The fraction of sp³-hybridized carbons (Fsp3) is 0.526. The third-order valence-electron chi connectivity index (χ3n) is 3.86. The zero-order valence-electron chi connectivity index (χ0n) is 15.5. The number of aromatic amines is 1. The molecule has 0 fully saturated rings. The quantitative estimate of drug-likeness (QED) is 0.707. The number of carbonyl (C=O) groups excluding carboxylic acids is 1. The summed E-state index contributed by atoms with van der Waals surface area (Å²) in [6.07, 6.45) is 2.64. The van der Waals surface area contributed by atoms with Gasteiger partial charge in [0.15, 0.2) is 0 Å². The molecule has 1 aromatic carbocycles. The van der Waals surface area contributed by atoms with E-state index in [1.165, 1.54) is 10.9 Å². The van der Waals surface area contributed by atoms with Crippen LogP contribution in [-0.2, 0) is 11.3 Å². The number of amides is 1. The highest BCUT2D eigenvalue weighted by atomic mass is 35.5. The number of nitrogens with zero attached hydrogens (tertiary/aromatic N) is 1. The van der Waals surface area contributed by atoms with E-state index in [0.29, 0.717) is 13.1 Å². The first kappa shape index (κ1) is 19.6. The molecule has 25 heavy (non-hydrogen) atoms. The number of hydrogen-bond acceptors (Lipinski definition) is 3. The van der Waals surface area contributed by atoms with Gasteiger partial charge in [0.2, 0.25) is 0 Å². The van der Waals surface area contributed by atoms with Gasteiger partial charge in [-0.05, 0) is 58.4 Å². The van der Waals surface area contributed by atoms with E-state index >= 15 is 0 Å². The molecule has 138 valence electrons. The van der Waals surface area contributed by atoms with Crippen LogP contribution in [-0.4, -0.2) is 41.2 Å². The number of halogens is 1. The van der Waals surface area contributed by atoms with E-state index in [0.717, 1.165) is 30.0 Å². The van der Waals surface area contributed by atoms with E-state index < -0.39 is 5.60 Å². The number of benzene rings is 1. The fourth-order valence-electron chi connectivity index (χ4n) is 2.63. The lowest BCUT2D eigenvalue weighted by Gasteiger charge is -2.26. The molecule has 6 heteroatoms. The number of aromatic nitrogens is 1. The summed E-state index contributed by atoms with van der Waals surface area (Å²) in [5.74, 6) is 0. The number of hydrogen-bond donors (Lipinski definition) is 2. The van der Waals surface area contributed by atoms with Crippen LogP contribution in [0.15, 0.2) is 24.4 Å². The van der Waals surface area contributed by atoms with Crippen molar-refractivity contribution in [1.82, 2.24) is 15.2 Å². The zero-order valence-corrected chi connectivity index (χ0v) is 16.2. The highest BCUT2D eigenvalue weighted by Gasteiger charge is 2.20. The average Bonchev–Trinajstić information content (AvgIpc) is 2.91. The summed E-state index contributed by atoms with van der Waals surface area (Å²) in [6, 6.07) is 5.87. The van der Waals surface area contributed by atoms with E-state index in [1.54, 1.807) is 4.90 Å². The molecule has 0 saturated heterocycles. The molecule has 1 amide bonds. The summed E-state index contributed by atoms with van der Waals surface area (Å²) in [5.41, 5.74) is 1.80. The van der Waals surface area contributed by atoms with Crippen molar-refractivity contribution in [3.63, 3.8) is 0 Å². The zero-order chi connectivity index (χ0) is 18.4. The van der Waals surface area contributed by atoms with Crippen molar-refractivity contribution in [2.45, 2.75) is 46.3 Å². The lowest BCUT2D eigenvalue weighted by Crippen LogP contribution is -2.38. The SMILES string of the molecule is CCN(CCCNCc1c[nH]c2cc(Cl)ccc12)C(=O)OC(C)(C)C. The summed E-state index contributed by atoms with van der Waals surface area (Å²) >= 11 is 6.00. The maximum Gasteiger partial charge on any atom is 0.410 e. The van der Waals surface area contributed by atoms with Crippen molar-refractivity contribution in [2.24, 2.45) is 0 Å². The first-order chi connectivity index (χ1) is 11.8. The van der Waals surface area contributed by atoms with Crippen molar-refractivity contribution in [2.75, 3.05) is 19.6 Å². The Morgan fingerprint density at radius 1 is 1.36 bits per heavy atom. The molecular weight excluding hydrogens is 338 g/mol. The molecule has 0 aliphatic carbocycles. The van der Waals surface area contributed by atoms with Gasteiger partial charge < -0.3 is 19.9 Å². The van der Waals surface area contributed by atoms with Crippen LogP contribution in [0.5, 0.6) is 0 Å². The summed E-state index contributed by atoms with van der Waals surface area (Å²) in [7, 11) is 0. The number of H-pyrrole nitrogens is 1. The smallest absolute Gasteiger partial charge is 0.410 e. The van der Waals surface area contributed by atoms with Gasteiger partial charge in [-0.15, -0.1) is 0 Å². The molecule has 2 rings (SSSR count). The lowest BCUT2D eigenvalue weighted by atomic mass is 10.2. The Morgan fingerprint density at radius 2 is 2.12 bits per heavy atom. The van der Waals surface area contributed by atoms with E-state index in [1.807, 2.05) is 52.1 Å². The second-order valence-electron chi connectivity index (χ2n) is 7.09. The molecule has 0 saturated carbocycles. The van der Waals surface area contributed by atoms with Gasteiger partial charge in [0.1, 0.15) is 5.60 Å². The van der Waals surface area contributed by atoms with Gasteiger partial charge in [0.25, 0.3) is 0 Å². The van der Waals surface area contributed by atoms with Gasteiger partial charge in [0.05, 0.1) is 0 Å². The minimum absolute atomic E-state index is 0.247. The largest absolute Gasteiger partial charge is 0.444 e. The monoisotopic (exact) mass is 365 g/mol. The number of fused-ring (bicyclic) bond motifs is 1. The molecule has 2 N–H and O–H groups in total. The van der Waals surface area contributed by atoms with Gasteiger partial charge in [-0.25, -0.2) is 4.79 Å². The number of carbonyl (C=O) groups is 1. The van der Waals surface area contributed by atoms with Crippen LogP contribution in [0.25, 0.3) is 10.9 Å². The third-order valence-corrected chi connectivity index (χ3v) is 4.10. The van der Waals surface area contributed by atoms with E-state index in [2.05, 4.69) is 10.3 Å². The summed E-state index contributed by atoms with van der Waals surface area (Å²) in [5, 5.41) is 5.34. The predicted octanol–water partition coefficient (Wildman–Crippen LogP) is 4.56. The molecule has 1 aromatic heterocycles. The maximum absolute atomic E-state index is 12.1. The standard InChI is InChI=1S/C19H28ClN3O2/c1-5-23(18(24)25-19(2,3)4)10-6-9-21-12-14-13-22-17-11-15(20)7-8-16(14)17/h7-8,11,13,21-22H,5-6,9-10,12H2,1-4H3. The van der Waals surface area contributed by atoms with Gasteiger partial charge in [0, 0.05) is 41.8 Å². The van der Waals surface area contributed by atoms with Crippen molar-refractivity contribution in [3.8, 4) is 0 Å². The Labute approximate surface area is 154 Å². The molecular formula is C19H28ClN3O2. The van der Waals surface area contributed by atoms with Crippen molar-refractivity contribution >= 4 is 28.6 Å². The Kier molecular flexibility index (Phi) is 6.73. The van der Waals surface area contributed by atoms with Gasteiger partial charge in [-0.3, -0.25) is 0 Å². The van der Waals surface area contributed by atoms with Crippen molar-refractivity contribution < 1.29 is 9.53 Å². The van der Waals surface area contributed by atoms with Crippen molar-refractivity contribution in [1.29, 1.82) is 0 Å². The molecule has 2 aromatic rings. The minimum Gasteiger partial charge on any atom is -0.444 e. The Morgan fingerprint density at radius 3 is 2.80 bits per heavy atom.